The number of rotatable bonds is 6. The zero-order chi connectivity index (χ0) is 21.1. The van der Waals surface area contributed by atoms with Crippen molar-refractivity contribution >= 4 is 22.5 Å². The van der Waals surface area contributed by atoms with E-state index in [0.29, 0.717) is 17.5 Å². The van der Waals surface area contributed by atoms with Crippen molar-refractivity contribution in [2.75, 3.05) is 18.4 Å². The number of likely N-dealkylation sites (tertiary alicyclic amines) is 1. The largest absolute Gasteiger partial charge is 0.361 e. The number of hydrogen-bond donors (Lipinski definition) is 2. The van der Waals surface area contributed by atoms with Crippen molar-refractivity contribution in [2.24, 2.45) is 0 Å². The molecular weight excluding hydrogens is 377 g/mol. The number of piperidine rings is 1. The molecule has 30 heavy (non-hydrogen) atoms. The SMILES string of the molecule is CCC(CC)N1CCC(c2c[nH]c3ccc(NC(=O)c4ccc(F)cc4)cc23)CC1. The van der Waals surface area contributed by atoms with Crippen molar-refractivity contribution in [3.05, 3.63) is 65.6 Å². The van der Waals surface area contributed by atoms with Gasteiger partial charge in [0.1, 0.15) is 5.82 Å². The fraction of sp³-hybridized carbons (Fsp3) is 0.400. The number of benzene rings is 2. The van der Waals surface area contributed by atoms with Gasteiger partial charge in [-0.3, -0.25) is 4.79 Å². The van der Waals surface area contributed by atoms with E-state index in [1.165, 1.54) is 48.1 Å². The van der Waals surface area contributed by atoms with Gasteiger partial charge in [-0.1, -0.05) is 13.8 Å². The second-order valence-corrected chi connectivity index (χ2v) is 8.25. The van der Waals surface area contributed by atoms with Gasteiger partial charge >= 0.3 is 0 Å². The van der Waals surface area contributed by atoms with Gasteiger partial charge in [-0.25, -0.2) is 4.39 Å². The van der Waals surface area contributed by atoms with Gasteiger partial charge in [-0.2, -0.15) is 0 Å². The average Bonchev–Trinajstić information content (AvgIpc) is 3.19. The van der Waals surface area contributed by atoms with E-state index in [4.69, 9.17) is 0 Å². The van der Waals surface area contributed by atoms with E-state index in [1.807, 2.05) is 12.1 Å². The smallest absolute Gasteiger partial charge is 0.255 e. The quantitative estimate of drug-likeness (QED) is 0.532. The number of nitrogens with zero attached hydrogens (tertiary/aromatic N) is 1. The lowest BCUT2D eigenvalue weighted by Gasteiger charge is -2.37. The third-order valence-corrected chi connectivity index (χ3v) is 6.51. The van der Waals surface area contributed by atoms with Crippen LogP contribution in [0.1, 0.15) is 61.4 Å². The van der Waals surface area contributed by atoms with Crippen LogP contribution < -0.4 is 5.32 Å². The zero-order valence-electron chi connectivity index (χ0n) is 17.7. The summed E-state index contributed by atoms with van der Waals surface area (Å²) in [6, 6.07) is 12.3. The van der Waals surface area contributed by atoms with Crippen molar-refractivity contribution in [3.63, 3.8) is 0 Å². The Morgan fingerprint density at radius 2 is 1.83 bits per heavy atom. The standard InChI is InChI=1S/C25H30FN3O/c1-3-21(4-2)29-13-11-17(12-14-29)23-16-27-24-10-9-20(15-22(23)24)28-25(30)18-5-7-19(26)8-6-18/h5-10,15-17,21,27H,3-4,11-14H2,1-2H3,(H,28,30). The maximum absolute atomic E-state index is 13.1. The van der Waals surface area contributed by atoms with Gasteiger partial charge in [0.05, 0.1) is 0 Å². The highest BCUT2D eigenvalue weighted by Crippen LogP contribution is 2.35. The van der Waals surface area contributed by atoms with Gasteiger partial charge in [0.25, 0.3) is 5.91 Å². The number of amides is 1. The lowest BCUT2D eigenvalue weighted by Crippen LogP contribution is -2.40. The van der Waals surface area contributed by atoms with E-state index in [0.717, 1.165) is 37.1 Å². The van der Waals surface area contributed by atoms with Crippen LogP contribution in [0.3, 0.4) is 0 Å². The third-order valence-electron chi connectivity index (χ3n) is 6.51. The molecule has 0 aliphatic carbocycles. The Bertz CT molecular complexity index is 999. The number of fused-ring (bicyclic) bond motifs is 1. The number of carbonyl (C=O) groups excluding carboxylic acids is 1. The maximum Gasteiger partial charge on any atom is 0.255 e. The minimum Gasteiger partial charge on any atom is -0.361 e. The number of aromatic amines is 1. The molecule has 0 spiro atoms. The fourth-order valence-electron chi connectivity index (χ4n) is 4.74. The van der Waals surface area contributed by atoms with E-state index >= 15 is 0 Å². The summed E-state index contributed by atoms with van der Waals surface area (Å²) < 4.78 is 13.1. The van der Waals surface area contributed by atoms with Crippen molar-refractivity contribution in [1.82, 2.24) is 9.88 Å². The van der Waals surface area contributed by atoms with Crippen LogP contribution in [-0.2, 0) is 0 Å². The summed E-state index contributed by atoms with van der Waals surface area (Å²) in [5.41, 5.74) is 3.63. The minimum absolute atomic E-state index is 0.232. The van der Waals surface area contributed by atoms with E-state index in [1.54, 1.807) is 0 Å². The third kappa shape index (κ3) is 4.26. The number of H-pyrrole nitrogens is 1. The molecule has 5 heteroatoms. The highest BCUT2D eigenvalue weighted by molar-refractivity contribution is 6.05. The predicted octanol–water partition coefficient (Wildman–Crippen LogP) is 5.93. The molecular formula is C25H30FN3O. The number of aromatic nitrogens is 1. The van der Waals surface area contributed by atoms with Crippen LogP contribution >= 0.6 is 0 Å². The van der Waals surface area contributed by atoms with Crippen molar-refractivity contribution < 1.29 is 9.18 Å². The molecule has 1 aliphatic heterocycles. The second-order valence-electron chi connectivity index (χ2n) is 8.25. The lowest BCUT2D eigenvalue weighted by atomic mass is 9.88. The van der Waals surface area contributed by atoms with Crippen LogP contribution in [0.25, 0.3) is 10.9 Å². The number of nitrogens with one attached hydrogen (secondary N) is 2. The molecule has 2 N–H and O–H groups in total. The molecule has 4 rings (SSSR count). The van der Waals surface area contributed by atoms with Gasteiger partial charge in [0.15, 0.2) is 0 Å². The summed E-state index contributed by atoms with van der Waals surface area (Å²) in [7, 11) is 0. The van der Waals surface area contributed by atoms with Gasteiger partial charge in [0.2, 0.25) is 0 Å². The first-order valence-corrected chi connectivity index (χ1v) is 11.0. The van der Waals surface area contributed by atoms with Gasteiger partial charge in [-0.15, -0.1) is 0 Å². The predicted molar refractivity (Wildman–Crippen MR) is 121 cm³/mol. The summed E-state index contributed by atoms with van der Waals surface area (Å²) >= 11 is 0. The van der Waals surface area contributed by atoms with Crippen molar-refractivity contribution in [1.29, 1.82) is 0 Å². The molecule has 0 unspecified atom stereocenters. The summed E-state index contributed by atoms with van der Waals surface area (Å²) in [6.45, 7) is 6.85. The molecule has 0 radical (unpaired) electrons. The van der Waals surface area contributed by atoms with Crippen LogP contribution in [0.4, 0.5) is 10.1 Å². The summed E-state index contributed by atoms with van der Waals surface area (Å²) in [4.78, 5) is 18.5. The molecule has 3 aromatic rings. The van der Waals surface area contributed by atoms with Gasteiger partial charge < -0.3 is 15.2 Å². The van der Waals surface area contributed by atoms with E-state index in [-0.39, 0.29) is 11.7 Å². The number of carbonyl (C=O) groups is 1. The molecule has 2 aromatic carbocycles. The van der Waals surface area contributed by atoms with Crippen LogP contribution in [0, 0.1) is 5.82 Å². The average molecular weight is 408 g/mol. The monoisotopic (exact) mass is 407 g/mol. The van der Waals surface area contributed by atoms with Crippen LogP contribution in [0.15, 0.2) is 48.7 Å². The van der Waals surface area contributed by atoms with Crippen LogP contribution in [0.5, 0.6) is 0 Å². The van der Waals surface area contributed by atoms with Crippen molar-refractivity contribution in [2.45, 2.75) is 51.5 Å². The Balaban J connectivity index is 1.49. The highest BCUT2D eigenvalue weighted by atomic mass is 19.1. The van der Waals surface area contributed by atoms with E-state index in [9.17, 15) is 9.18 Å². The normalized spacial score (nSPS) is 15.7. The second kappa shape index (κ2) is 9.00. The Morgan fingerprint density at radius 1 is 1.13 bits per heavy atom. The minimum atomic E-state index is -0.347. The molecule has 1 fully saturated rings. The molecule has 1 aromatic heterocycles. The molecule has 2 heterocycles. The summed E-state index contributed by atoms with van der Waals surface area (Å²) in [5.74, 6) is -0.0440. The maximum atomic E-state index is 13.1. The molecule has 0 atom stereocenters. The number of halogens is 1. The number of hydrogen-bond acceptors (Lipinski definition) is 2. The van der Waals surface area contributed by atoms with E-state index < -0.39 is 0 Å². The van der Waals surface area contributed by atoms with Crippen LogP contribution in [-0.4, -0.2) is 34.9 Å². The van der Waals surface area contributed by atoms with Crippen LogP contribution in [0.2, 0.25) is 0 Å². The molecule has 0 saturated carbocycles. The lowest BCUT2D eigenvalue weighted by molar-refractivity contribution is 0.102. The first kappa shape index (κ1) is 20.6. The van der Waals surface area contributed by atoms with Gasteiger partial charge in [-0.05, 0) is 92.7 Å². The molecule has 158 valence electrons. The molecule has 1 aliphatic rings. The van der Waals surface area contributed by atoms with E-state index in [2.05, 4.69) is 41.3 Å². The summed E-state index contributed by atoms with van der Waals surface area (Å²) in [5, 5.41) is 4.12. The Kier molecular flexibility index (Phi) is 6.18. The molecule has 4 nitrogen and oxygen atoms in total. The Hall–Kier alpha value is -2.66. The highest BCUT2D eigenvalue weighted by Gasteiger charge is 2.25. The fourth-order valence-corrected chi connectivity index (χ4v) is 4.74. The Labute approximate surface area is 177 Å². The molecule has 1 amide bonds. The Morgan fingerprint density at radius 3 is 2.50 bits per heavy atom. The summed E-state index contributed by atoms with van der Waals surface area (Å²) in [6.07, 6.45) is 6.88. The first-order valence-electron chi connectivity index (χ1n) is 11.0. The zero-order valence-corrected chi connectivity index (χ0v) is 17.7. The molecule has 1 saturated heterocycles. The first-order chi connectivity index (χ1) is 14.6. The number of anilines is 1. The molecule has 0 bridgehead atoms. The van der Waals surface area contributed by atoms with Crippen molar-refractivity contribution in [3.8, 4) is 0 Å². The topological polar surface area (TPSA) is 48.1 Å². The van der Waals surface area contributed by atoms with Gasteiger partial charge in [0, 0.05) is 34.4 Å².